The summed E-state index contributed by atoms with van der Waals surface area (Å²) in [5.41, 5.74) is 1.07. The van der Waals surface area contributed by atoms with Gasteiger partial charge in [0.25, 0.3) is 5.91 Å². The van der Waals surface area contributed by atoms with Crippen LogP contribution in [-0.4, -0.2) is 83.6 Å². The van der Waals surface area contributed by atoms with Gasteiger partial charge in [-0.3, -0.25) is 19.1 Å². The second-order valence-corrected chi connectivity index (χ2v) is 17.7. The summed E-state index contributed by atoms with van der Waals surface area (Å²) in [5.74, 6) is -1.03. The fraction of sp³-hybridized carbons (Fsp3) is 0.425. The number of anilines is 1. The van der Waals surface area contributed by atoms with Crippen molar-refractivity contribution in [2.75, 3.05) is 19.0 Å². The molecule has 8 rings (SSSR count). The van der Waals surface area contributed by atoms with Crippen LogP contribution in [0, 0.1) is 5.92 Å². The SMILES string of the molecule is COc1ccc2nc(O[C@@H]3C[C@H]4C(=O)N[C@]5(C(=O)NS(=O)(=O)C6CC6)C[C@H]5/C=C\CCCCC[C@H](Nc5ccccc5)C(=O)N4C3)c(-c3cccs3)nc2c1. The lowest BCUT2D eigenvalue weighted by Gasteiger charge is -2.30. The van der Waals surface area contributed by atoms with Gasteiger partial charge in [0.2, 0.25) is 27.7 Å². The van der Waals surface area contributed by atoms with Gasteiger partial charge in [-0.05, 0) is 74.2 Å². The number of aromatic nitrogens is 2. The van der Waals surface area contributed by atoms with E-state index in [2.05, 4.69) is 15.4 Å². The largest absolute Gasteiger partial charge is 0.497 e. The van der Waals surface area contributed by atoms with Crippen molar-refractivity contribution >= 4 is 55.8 Å². The number of amides is 3. The Morgan fingerprint density at radius 1 is 1.00 bits per heavy atom. The fourth-order valence-corrected chi connectivity index (χ4v) is 9.61. The third kappa shape index (κ3) is 7.90. The van der Waals surface area contributed by atoms with E-state index < -0.39 is 50.8 Å². The summed E-state index contributed by atoms with van der Waals surface area (Å²) < 4.78 is 40.1. The Morgan fingerprint density at radius 3 is 2.60 bits per heavy atom. The Kier molecular flexibility index (Phi) is 10.2. The first-order valence-corrected chi connectivity index (χ1v) is 21.3. The van der Waals surface area contributed by atoms with E-state index in [-0.39, 0.29) is 37.1 Å². The number of rotatable bonds is 9. The molecule has 3 amide bonds. The lowest BCUT2D eigenvalue weighted by Crippen LogP contribution is -2.57. The number of fused-ring (bicyclic) bond motifs is 3. The van der Waals surface area contributed by atoms with E-state index in [1.54, 1.807) is 30.2 Å². The molecule has 4 aliphatic rings. The average molecular weight is 785 g/mol. The van der Waals surface area contributed by atoms with Crippen molar-refractivity contribution in [2.24, 2.45) is 5.92 Å². The number of methoxy groups -OCH3 is 1. The van der Waals surface area contributed by atoms with E-state index in [0.29, 0.717) is 41.7 Å². The molecule has 3 N–H and O–H groups in total. The Balaban J connectivity index is 1.13. The first-order chi connectivity index (χ1) is 26.6. The standard InChI is InChI=1S/C40H44N6O7S2/c1-52-27-16-19-30-32(21-27)42-35(34-15-10-20-54-34)37(43-30)53-28-22-33-36(47)44-40(39(49)45-55(50,51)29-17-18-29)23-25(40)11-6-3-2-4-9-14-31(38(48)46(33)24-28)41-26-12-7-5-8-13-26/h5-8,10-13,15-16,19-21,25,28-29,31,33,41H,2-4,9,14,17-18,22-24H2,1H3,(H,44,47)(H,45,49)/b11-6-/t25-,28-,31+,33+,40-/m1/s1. The number of hydrogen-bond donors (Lipinski definition) is 3. The molecule has 55 heavy (non-hydrogen) atoms. The number of sulfonamides is 1. The molecule has 288 valence electrons. The summed E-state index contributed by atoms with van der Waals surface area (Å²) in [6, 6.07) is 17.1. The van der Waals surface area contributed by atoms with Crippen molar-refractivity contribution in [3.63, 3.8) is 0 Å². The van der Waals surface area contributed by atoms with Crippen molar-refractivity contribution in [2.45, 2.75) is 86.8 Å². The normalized spacial score (nSPS) is 26.5. The van der Waals surface area contributed by atoms with Crippen LogP contribution >= 0.6 is 11.3 Å². The van der Waals surface area contributed by atoms with Crippen molar-refractivity contribution in [1.29, 1.82) is 0 Å². The zero-order chi connectivity index (χ0) is 38.2. The predicted molar refractivity (Wildman–Crippen MR) is 209 cm³/mol. The minimum absolute atomic E-state index is 0.0781. The van der Waals surface area contributed by atoms with Crippen LogP contribution in [0.15, 0.2) is 78.2 Å². The van der Waals surface area contributed by atoms with Crippen molar-refractivity contribution in [3.05, 3.63) is 78.2 Å². The molecule has 15 heteroatoms. The Hall–Kier alpha value is -5.02. The minimum Gasteiger partial charge on any atom is -0.497 e. The topological polar surface area (TPSA) is 169 Å². The van der Waals surface area contributed by atoms with Crippen LogP contribution in [0.2, 0.25) is 0 Å². The third-order valence-corrected chi connectivity index (χ3v) is 13.5. The van der Waals surface area contributed by atoms with Gasteiger partial charge in [-0.25, -0.2) is 18.4 Å². The fourth-order valence-electron chi connectivity index (χ4n) is 7.54. The Morgan fingerprint density at radius 2 is 1.84 bits per heavy atom. The van der Waals surface area contributed by atoms with Crippen LogP contribution in [0.25, 0.3) is 21.6 Å². The molecule has 2 aliphatic heterocycles. The quantitative estimate of drug-likeness (QED) is 0.192. The van der Waals surface area contributed by atoms with Gasteiger partial charge in [0, 0.05) is 24.1 Å². The van der Waals surface area contributed by atoms with Gasteiger partial charge in [0.1, 0.15) is 35.2 Å². The zero-order valence-electron chi connectivity index (χ0n) is 30.5. The Bertz CT molecular complexity index is 2210. The highest BCUT2D eigenvalue weighted by Gasteiger charge is 2.62. The highest BCUT2D eigenvalue weighted by molar-refractivity contribution is 7.91. The summed E-state index contributed by atoms with van der Waals surface area (Å²) in [5, 5.41) is 7.71. The minimum atomic E-state index is -3.87. The van der Waals surface area contributed by atoms with E-state index in [9.17, 15) is 22.8 Å². The van der Waals surface area contributed by atoms with Crippen LogP contribution < -0.4 is 24.8 Å². The highest BCUT2D eigenvalue weighted by Crippen LogP contribution is 2.46. The van der Waals surface area contributed by atoms with Gasteiger partial charge in [-0.2, -0.15) is 0 Å². The molecule has 3 fully saturated rings. The molecular weight excluding hydrogens is 741 g/mol. The Labute approximate surface area is 324 Å². The molecule has 2 aromatic carbocycles. The van der Waals surface area contributed by atoms with Crippen LogP contribution in [-0.2, 0) is 24.4 Å². The first-order valence-electron chi connectivity index (χ1n) is 18.9. The molecule has 1 saturated heterocycles. The summed E-state index contributed by atoms with van der Waals surface area (Å²) >= 11 is 1.49. The summed E-state index contributed by atoms with van der Waals surface area (Å²) in [4.78, 5) is 55.2. The summed E-state index contributed by atoms with van der Waals surface area (Å²) in [6.07, 6.45) is 8.46. The molecular formula is C40H44N6O7S2. The second-order valence-electron chi connectivity index (χ2n) is 14.8. The van der Waals surface area contributed by atoms with Crippen LogP contribution in [0.1, 0.15) is 57.8 Å². The summed E-state index contributed by atoms with van der Waals surface area (Å²) in [6.45, 7) is 0.0781. The third-order valence-electron chi connectivity index (χ3n) is 10.8. The molecule has 2 aliphatic carbocycles. The van der Waals surface area contributed by atoms with Gasteiger partial charge in [-0.15, -0.1) is 11.3 Å². The highest BCUT2D eigenvalue weighted by atomic mass is 32.2. The number of nitrogens with zero attached hydrogens (tertiary/aromatic N) is 3. The number of thiophene rings is 1. The van der Waals surface area contributed by atoms with Gasteiger partial charge in [0.15, 0.2) is 0 Å². The van der Waals surface area contributed by atoms with Crippen molar-refractivity contribution < 1.29 is 32.3 Å². The number of allylic oxidation sites excluding steroid dienone is 1. The van der Waals surface area contributed by atoms with E-state index in [1.807, 2.05) is 60.0 Å². The zero-order valence-corrected chi connectivity index (χ0v) is 32.1. The molecule has 2 aromatic heterocycles. The number of hydrogen-bond acceptors (Lipinski definition) is 11. The smallest absolute Gasteiger partial charge is 0.259 e. The van der Waals surface area contributed by atoms with E-state index in [4.69, 9.17) is 19.4 Å². The van der Waals surface area contributed by atoms with Crippen molar-refractivity contribution in [3.8, 4) is 22.2 Å². The van der Waals surface area contributed by atoms with E-state index in [0.717, 1.165) is 36.2 Å². The lowest BCUT2D eigenvalue weighted by molar-refractivity contribution is -0.140. The molecule has 5 atom stereocenters. The van der Waals surface area contributed by atoms with Crippen LogP contribution in [0.3, 0.4) is 0 Å². The average Bonchev–Trinajstić information content (AvgIpc) is 4.05. The number of nitrogens with one attached hydrogen (secondary N) is 3. The molecule has 0 radical (unpaired) electrons. The lowest BCUT2D eigenvalue weighted by atomic mass is 10.0. The van der Waals surface area contributed by atoms with Gasteiger partial charge >= 0.3 is 0 Å². The maximum atomic E-state index is 14.7. The van der Waals surface area contributed by atoms with Crippen LogP contribution in [0.5, 0.6) is 11.6 Å². The van der Waals surface area contributed by atoms with Crippen molar-refractivity contribution in [1.82, 2.24) is 24.9 Å². The van der Waals surface area contributed by atoms with E-state index >= 15 is 0 Å². The van der Waals surface area contributed by atoms with Crippen LogP contribution in [0.4, 0.5) is 5.69 Å². The van der Waals surface area contributed by atoms with Gasteiger partial charge in [-0.1, -0.05) is 49.3 Å². The predicted octanol–water partition coefficient (Wildman–Crippen LogP) is 5.20. The number of ether oxygens (including phenoxy) is 2. The number of benzene rings is 2. The number of carbonyl (C=O) groups is 3. The molecule has 4 aromatic rings. The molecule has 4 heterocycles. The molecule has 0 spiro atoms. The van der Waals surface area contributed by atoms with Gasteiger partial charge in [0.05, 0.1) is 34.8 Å². The molecule has 0 bridgehead atoms. The van der Waals surface area contributed by atoms with Gasteiger partial charge < -0.3 is 25.0 Å². The molecule has 13 nitrogen and oxygen atoms in total. The number of para-hydroxylation sites is 1. The summed E-state index contributed by atoms with van der Waals surface area (Å²) in [7, 11) is -2.28. The molecule has 2 saturated carbocycles. The molecule has 0 unspecified atom stereocenters. The second kappa shape index (κ2) is 15.3. The maximum Gasteiger partial charge on any atom is 0.259 e. The first kappa shape index (κ1) is 36.9. The maximum absolute atomic E-state index is 14.7. The monoisotopic (exact) mass is 784 g/mol. The van der Waals surface area contributed by atoms with E-state index in [1.165, 1.54) is 11.3 Å². The number of carbonyl (C=O) groups excluding carboxylic acids is 3.